The van der Waals surface area contributed by atoms with Gasteiger partial charge in [-0.2, -0.15) is 13.2 Å². The van der Waals surface area contributed by atoms with Crippen molar-refractivity contribution in [3.05, 3.63) is 23.9 Å². The number of hydrogen-bond acceptors (Lipinski definition) is 4. The smallest absolute Gasteiger partial charge is 0.422 e. The van der Waals surface area contributed by atoms with Crippen molar-refractivity contribution in [2.75, 3.05) is 19.7 Å². The zero-order valence-electron chi connectivity index (χ0n) is 13.5. The summed E-state index contributed by atoms with van der Waals surface area (Å²) in [5.41, 5.74) is 0.424. The number of halogens is 5. The SMILES string of the molecule is Cl.Cl.O=C(CCC1CCNC1)NCc1cccnc1OCC(F)(F)F. The molecule has 0 aliphatic carbocycles. The Kier molecular flexibility index (Phi) is 10.8. The van der Waals surface area contributed by atoms with Gasteiger partial charge in [-0.05, 0) is 37.9 Å². The van der Waals surface area contributed by atoms with Crippen LogP contribution in [-0.2, 0) is 11.3 Å². The molecule has 1 unspecified atom stereocenters. The van der Waals surface area contributed by atoms with E-state index < -0.39 is 12.8 Å². The summed E-state index contributed by atoms with van der Waals surface area (Å²) in [6.07, 6.45) is -0.780. The first-order valence-electron chi connectivity index (χ1n) is 7.55. The lowest BCUT2D eigenvalue weighted by molar-refractivity contribution is -0.154. The molecule has 1 fully saturated rings. The minimum absolute atomic E-state index is 0. The molecule has 1 aromatic heterocycles. The molecule has 1 atom stereocenters. The maximum atomic E-state index is 12.2. The van der Waals surface area contributed by atoms with E-state index in [1.165, 1.54) is 6.20 Å². The second-order valence-electron chi connectivity index (χ2n) is 5.55. The van der Waals surface area contributed by atoms with Crippen molar-refractivity contribution in [3.8, 4) is 5.88 Å². The third-order valence-corrected chi connectivity index (χ3v) is 3.64. The maximum Gasteiger partial charge on any atom is 0.422 e. The number of alkyl halides is 3. The first kappa shape index (κ1) is 23.8. The summed E-state index contributed by atoms with van der Waals surface area (Å²) in [4.78, 5) is 15.6. The predicted octanol–water partition coefficient (Wildman–Crippen LogP) is 2.87. The van der Waals surface area contributed by atoms with Gasteiger partial charge in [-0.25, -0.2) is 4.98 Å². The van der Waals surface area contributed by atoms with Gasteiger partial charge in [0.05, 0.1) is 0 Å². The van der Waals surface area contributed by atoms with Gasteiger partial charge in [0, 0.05) is 24.7 Å². The number of amides is 1. The summed E-state index contributed by atoms with van der Waals surface area (Å²) in [6, 6.07) is 3.17. The van der Waals surface area contributed by atoms with Gasteiger partial charge < -0.3 is 15.4 Å². The minimum atomic E-state index is -4.42. The topological polar surface area (TPSA) is 63.2 Å². The van der Waals surface area contributed by atoms with Crippen LogP contribution in [0.2, 0.25) is 0 Å². The number of hydrogen-bond donors (Lipinski definition) is 2. The number of aromatic nitrogens is 1. The molecular weight excluding hydrogens is 382 g/mol. The molecule has 0 aromatic carbocycles. The number of pyridine rings is 1. The molecule has 2 heterocycles. The van der Waals surface area contributed by atoms with Gasteiger partial charge in [0.1, 0.15) is 0 Å². The highest BCUT2D eigenvalue weighted by atomic mass is 35.5. The van der Waals surface area contributed by atoms with E-state index in [1.54, 1.807) is 12.1 Å². The summed E-state index contributed by atoms with van der Waals surface area (Å²) in [6.45, 7) is 0.621. The molecule has 25 heavy (non-hydrogen) atoms. The van der Waals surface area contributed by atoms with E-state index in [4.69, 9.17) is 0 Å². The monoisotopic (exact) mass is 403 g/mol. The Hall–Kier alpha value is -1.25. The Labute approximate surface area is 156 Å². The van der Waals surface area contributed by atoms with Gasteiger partial charge in [-0.3, -0.25) is 4.79 Å². The van der Waals surface area contributed by atoms with Gasteiger partial charge in [0.25, 0.3) is 0 Å². The number of carbonyl (C=O) groups is 1. The number of nitrogens with one attached hydrogen (secondary N) is 2. The molecular formula is C15H22Cl2F3N3O2. The lowest BCUT2D eigenvalue weighted by Gasteiger charge is -2.13. The van der Waals surface area contributed by atoms with Gasteiger partial charge in [0.2, 0.25) is 11.8 Å². The van der Waals surface area contributed by atoms with Gasteiger partial charge in [-0.15, -0.1) is 24.8 Å². The zero-order chi connectivity index (χ0) is 16.7. The first-order valence-corrected chi connectivity index (χ1v) is 7.55. The predicted molar refractivity (Wildman–Crippen MR) is 92.3 cm³/mol. The van der Waals surface area contributed by atoms with Crippen molar-refractivity contribution in [2.45, 2.75) is 32.0 Å². The van der Waals surface area contributed by atoms with Crippen molar-refractivity contribution in [1.82, 2.24) is 15.6 Å². The average Bonchev–Trinajstić information content (AvgIpc) is 3.02. The molecule has 10 heteroatoms. The highest BCUT2D eigenvalue weighted by Crippen LogP contribution is 2.20. The van der Waals surface area contributed by atoms with E-state index >= 15 is 0 Å². The Bertz CT molecular complexity index is 527. The fourth-order valence-corrected chi connectivity index (χ4v) is 2.42. The second-order valence-corrected chi connectivity index (χ2v) is 5.55. The molecule has 1 amide bonds. The van der Waals surface area contributed by atoms with Crippen LogP contribution in [0.3, 0.4) is 0 Å². The van der Waals surface area contributed by atoms with E-state index in [1.807, 2.05) is 0 Å². The minimum Gasteiger partial charge on any atom is -0.468 e. The van der Waals surface area contributed by atoms with Gasteiger partial charge in [0.15, 0.2) is 6.61 Å². The van der Waals surface area contributed by atoms with E-state index in [0.717, 1.165) is 25.9 Å². The van der Waals surface area contributed by atoms with Crippen LogP contribution >= 0.6 is 24.8 Å². The van der Waals surface area contributed by atoms with Crippen molar-refractivity contribution >= 4 is 30.7 Å². The Balaban J connectivity index is 0.00000288. The lowest BCUT2D eigenvalue weighted by Crippen LogP contribution is -2.25. The number of carbonyl (C=O) groups excluding carboxylic acids is 1. The zero-order valence-corrected chi connectivity index (χ0v) is 15.1. The van der Waals surface area contributed by atoms with Crippen LogP contribution in [0.5, 0.6) is 5.88 Å². The summed E-state index contributed by atoms with van der Waals surface area (Å²) < 4.78 is 41.3. The van der Waals surface area contributed by atoms with Crippen LogP contribution in [0, 0.1) is 5.92 Å². The van der Waals surface area contributed by atoms with Crippen LogP contribution in [-0.4, -0.2) is 36.8 Å². The van der Waals surface area contributed by atoms with Crippen LogP contribution in [0.15, 0.2) is 18.3 Å². The Morgan fingerprint density at radius 2 is 2.16 bits per heavy atom. The Morgan fingerprint density at radius 3 is 2.80 bits per heavy atom. The summed E-state index contributed by atoms with van der Waals surface area (Å²) in [7, 11) is 0. The van der Waals surface area contributed by atoms with E-state index in [0.29, 0.717) is 17.9 Å². The quantitative estimate of drug-likeness (QED) is 0.734. The molecule has 1 aromatic rings. The molecule has 0 saturated carbocycles. The fraction of sp³-hybridized carbons (Fsp3) is 0.600. The third-order valence-electron chi connectivity index (χ3n) is 3.64. The Morgan fingerprint density at radius 1 is 1.40 bits per heavy atom. The van der Waals surface area contributed by atoms with E-state index in [-0.39, 0.29) is 43.1 Å². The van der Waals surface area contributed by atoms with Crippen molar-refractivity contribution in [3.63, 3.8) is 0 Å². The van der Waals surface area contributed by atoms with Gasteiger partial charge >= 0.3 is 6.18 Å². The van der Waals surface area contributed by atoms with Crippen LogP contribution < -0.4 is 15.4 Å². The molecule has 5 nitrogen and oxygen atoms in total. The fourth-order valence-electron chi connectivity index (χ4n) is 2.42. The number of nitrogens with zero attached hydrogens (tertiary/aromatic N) is 1. The highest BCUT2D eigenvalue weighted by Gasteiger charge is 2.29. The highest BCUT2D eigenvalue weighted by molar-refractivity contribution is 5.85. The standard InChI is InChI=1S/C15H20F3N3O2.2ClH/c16-15(17,18)10-23-14-12(2-1-6-20-14)9-21-13(22)4-3-11-5-7-19-8-11;;/h1-2,6,11,19H,3-5,7-10H2,(H,21,22);2*1H. The van der Waals surface area contributed by atoms with Gasteiger partial charge in [-0.1, -0.05) is 6.07 Å². The second kappa shape index (κ2) is 11.4. The van der Waals surface area contributed by atoms with Crippen LogP contribution in [0.1, 0.15) is 24.8 Å². The first-order chi connectivity index (χ1) is 10.9. The summed E-state index contributed by atoms with van der Waals surface area (Å²) in [5.74, 6) is 0.289. The number of ether oxygens (including phenoxy) is 1. The lowest BCUT2D eigenvalue weighted by atomic mass is 10.0. The van der Waals surface area contributed by atoms with Crippen molar-refractivity contribution in [2.24, 2.45) is 5.92 Å². The van der Waals surface area contributed by atoms with E-state index in [2.05, 4.69) is 20.4 Å². The maximum absolute atomic E-state index is 12.2. The van der Waals surface area contributed by atoms with Crippen LogP contribution in [0.4, 0.5) is 13.2 Å². The average molecular weight is 404 g/mol. The molecule has 2 N–H and O–H groups in total. The summed E-state index contributed by atoms with van der Waals surface area (Å²) >= 11 is 0. The molecule has 0 bridgehead atoms. The van der Waals surface area contributed by atoms with Crippen LogP contribution in [0.25, 0.3) is 0 Å². The third kappa shape index (κ3) is 9.13. The molecule has 144 valence electrons. The van der Waals surface area contributed by atoms with Crippen molar-refractivity contribution in [1.29, 1.82) is 0 Å². The van der Waals surface area contributed by atoms with E-state index in [9.17, 15) is 18.0 Å². The molecule has 1 aliphatic rings. The van der Waals surface area contributed by atoms with Crippen molar-refractivity contribution < 1.29 is 22.7 Å². The number of rotatable bonds is 7. The molecule has 0 radical (unpaired) electrons. The summed E-state index contributed by atoms with van der Waals surface area (Å²) in [5, 5.41) is 5.94. The molecule has 1 saturated heterocycles. The molecule has 0 spiro atoms. The molecule has 2 rings (SSSR count). The normalized spacial score (nSPS) is 16.5. The largest absolute Gasteiger partial charge is 0.468 e. The molecule has 1 aliphatic heterocycles.